The first kappa shape index (κ1) is 13.2. The summed E-state index contributed by atoms with van der Waals surface area (Å²) in [5.74, 6) is 1.28. The summed E-state index contributed by atoms with van der Waals surface area (Å²) in [6.45, 7) is 0.519. The maximum absolute atomic E-state index is 11.2. The van der Waals surface area contributed by atoms with Gasteiger partial charge < -0.3 is 15.6 Å². The number of rotatable bonds is 2. The summed E-state index contributed by atoms with van der Waals surface area (Å²) in [4.78, 5) is 20.3. The van der Waals surface area contributed by atoms with Crippen LogP contribution in [-0.4, -0.2) is 27.7 Å². The Balaban J connectivity index is 1.87. The molecular formula is C14H14N4O3. The van der Waals surface area contributed by atoms with Crippen LogP contribution in [0.5, 0.6) is 11.6 Å². The topological polar surface area (TPSA) is 102 Å². The van der Waals surface area contributed by atoms with Crippen LogP contribution in [0, 0.1) is 0 Å². The van der Waals surface area contributed by atoms with Crippen LogP contribution in [0.3, 0.4) is 0 Å². The standard InChI is InChI=1S/C14H14N4O3/c15-12-7-13(17-8-16-12)21-10-3-4-11-9(6-10)2-1-5-18(11)14(19)20/h3-4,6-8H,1-2,5H2,(H,19,20)(H2,15,16,17). The second-order valence-corrected chi connectivity index (χ2v) is 4.71. The van der Waals surface area contributed by atoms with E-state index >= 15 is 0 Å². The van der Waals surface area contributed by atoms with E-state index in [2.05, 4.69) is 9.97 Å². The summed E-state index contributed by atoms with van der Waals surface area (Å²) in [5.41, 5.74) is 7.23. The Bertz CT molecular complexity index is 690. The second kappa shape index (κ2) is 5.28. The van der Waals surface area contributed by atoms with Crippen molar-refractivity contribution in [3.63, 3.8) is 0 Å². The Kier molecular flexibility index (Phi) is 3.31. The number of ether oxygens (including phenoxy) is 1. The lowest BCUT2D eigenvalue weighted by atomic mass is 10.0. The third kappa shape index (κ3) is 2.71. The van der Waals surface area contributed by atoms with Gasteiger partial charge in [-0.25, -0.2) is 14.8 Å². The van der Waals surface area contributed by atoms with E-state index in [9.17, 15) is 9.90 Å². The number of nitrogens with two attached hydrogens (primary N) is 1. The van der Waals surface area contributed by atoms with Crippen LogP contribution in [0.15, 0.2) is 30.6 Å². The van der Waals surface area contributed by atoms with Crippen LogP contribution in [0.25, 0.3) is 0 Å². The highest BCUT2D eigenvalue weighted by atomic mass is 16.5. The molecule has 0 atom stereocenters. The number of nitrogens with zero attached hydrogens (tertiary/aromatic N) is 3. The van der Waals surface area contributed by atoms with Crippen LogP contribution in [-0.2, 0) is 6.42 Å². The molecule has 0 bridgehead atoms. The lowest BCUT2D eigenvalue weighted by Gasteiger charge is -2.27. The van der Waals surface area contributed by atoms with Gasteiger partial charge in [0.05, 0.1) is 5.69 Å². The fourth-order valence-corrected chi connectivity index (χ4v) is 2.37. The van der Waals surface area contributed by atoms with Gasteiger partial charge in [0, 0.05) is 12.6 Å². The van der Waals surface area contributed by atoms with Crippen molar-refractivity contribution in [3.05, 3.63) is 36.2 Å². The molecule has 7 heteroatoms. The SMILES string of the molecule is Nc1cc(Oc2ccc3c(c2)CCCN3C(=O)O)ncn1. The number of fused-ring (bicyclic) bond motifs is 1. The third-order valence-corrected chi connectivity index (χ3v) is 3.29. The minimum Gasteiger partial charge on any atom is -0.465 e. The highest BCUT2D eigenvalue weighted by molar-refractivity contribution is 5.87. The summed E-state index contributed by atoms with van der Waals surface area (Å²) in [6.07, 6.45) is 2.01. The molecule has 1 aromatic heterocycles. The number of carboxylic acid groups (broad SMARTS) is 1. The summed E-state index contributed by atoms with van der Waals surface area (Å²) in [6, 6.07) is 6.84. The number of nitrogen functional groups attached to an aromatic ring is 1. The number of hydrogen-bond acceptors (Lipinski definition) is 5. The zero-order valence-corrected chi connectivity index (χ0v) is 11.2. The monoisotopic (exact) mass is 286 g/mol. The molecule has 0 spiro atoms. The van der Waals surface area contributed by atoms with Gasteiger partial charge in [0.1, 0.15) is 17.9 Å². The maximum Gasteiger partial charge on any atom is 0.411 e. The van der Waals surface area contributed by atoms with Crippen LogP contribution < -0.4 is 15.4 Å². The molecule has 2 aromatic rings. The van der Waals surface area contributed by atoms with Crippen molar-refractivity contribution in [1.82, 2.24) is 9.97 Å². The predicted octanol–water partition coefficient (Wildman–Crippen LogP) is 2.28. The first-order valence-corrected chi connectivity index (χ1v) is 6.52. The highest BCUT2D eigenvalue weighted by Crippen LogP contribution is 2.32. The number of benzene rings is 1. The van der Waals surface area contributed by atoms with Crippen LogP contribution in [0.1, 0.15) is 12.0 Å². The van der Waals surface area contributed by atoms with E-state index in [0.29, 0.717) is 29.7 Å². The minimum atomic E-state index is -0.937. The molecule has 0 saturated heterocycles. The average molecular weight is 286 g/mol. The van der Waals surface area contributed by atoms with Crippen molar-refractivity contribution in [1.29, 1.82) is 0 Å². The smallest absolute Gasteiger partial charge is 0.411 e. The lowest BCUT2D eigenvalue weighted by molar-refractivity contribution is 0.201. The first-order valence-electron chi connectivity index (χ1n) is 6.52. The molecule has 3 N–H and O–H groups in total. The number of hydrogen-bond donors (Lipinski definition) is 2. The third-order valence-electron chi connectivity index (χ3n) is 3.29. The molecule has 3 rings (SSSR count). The van der Waals surface area contributed by atoms with Crippen LogP contribution in [0.4, 0.5) is 16.3 Å². The first-order chi connectivity index (χ1) is 10.1. The summed E-state index contributed by atoms with van der Waals surface area (Å²) < 4.78 is 5.62. The van der Waals surface area contributed by atoms with Crippen molar-refractivity contribution in [2.24, 2.45) is 0 Å². The van der Waals surface area contributed by atoms with Crippen molar-refractivity contribution in [2.45, 2.75) is 12.8 Å². The van der Waals surface area contributed by atoms with Crippen LogP contribution in [0.2, 0.25) is 0 Å². The van der Waals surface area contributed by atoms with Gasteiger partial charge in [-0.3, -0.25) is 4.90 Å². The highest BCUT2D eigenvalue weighted by Gasteiger charge is 2.22. The quantitative estimate of drug-likeness (QED) is 0.878. The van der Waals surface area contributed by atoms with Gasteiger partial charge in [0.15, 0.2) is 0 Å². The molecule has 2 heterocycles. The van der Waals surface area contributed by atoms with Gasteiger partial charge in [-0.1, -0.05) is 0 Å². The van der Waals surface area contributed by atoms with E-state index in [0.717, 1.165) is 18.4 Å². The van der Waals surface area contributed by atoms with Gasteiger partial charge in [0.25, 0.3) is 0 Å². The average Bonchev–Trinajstić information content (AvgIpc) is 2.46. The molecule has 21 heavy (non-hydrogen) atoms. The van der Waals surface area contributed by atoms with E-state index < -0.39 is 6.09 Å². The van der Waals surface area contributed by atoms with E-state index in [-0.39, 0.29) is 0 Å². The van der Waals surface area contributed by atoms with Gasteiger partial charge >= 0.3 is 6.09 Å². The largest absolute Gasteiger partial charge is 0.465 e. The fourth-order valence-electron chi connectivity index (χ4n) is 2.37. The second-order valence-electron chi connectivity index (χ2n) is 4.71. The van der Waals surface area contributed by atoms with Gasteiger partial charge in [-0.15, -0.1) is 0 Å². The normalized spacial score (nSPS) is 13.6. The fraction of sp³-hybridized carbons (Fsp3) is 0.214. The van der Waals surface area contributed by atoms with E-state index in [1.807, 2.05) is 6.07 Å². The van der Waals surface area contributed by atoms with Crippen molar-refractivity contribution in [3.8, 4) is 11.6 Å². The summed E-state index contributed by atoms with van der Waals surface area (Å²) >= 11 is 0. The number of amides is 1. The Morgan fingerprint density at radius 1 is 1.33 bits per heavy atom. The predicted molar refractivity (Wildman–Crippen MR) is 76.7 cm³/mol. The van der Waals surface area contributed by atoms with Crippen LogP contribution >= 0.6 is 0 Å². The summed E-state index contributed by atoms with van der Waals surface area (Å²) in [7, 11) is 0. The molecule has 1 aliphatic heterocycles. The van der Waals surface area contributed by atoms with Crippen molar-refractivity contribution >= 4 is 17.6 Å². The van der Waals surface area contributed by atoms with E-state index in [1.54, 1.807) is 12.1 Å². The molecule has 0 unspecified atom stereocenters. The number of aromatic nitrogens is 2. The number of aryl methyl sites for hydroxylation is 1. The Morgan fingerprint density at radius 2 is 2.19 bits per heavy atom. The Labute approximate surface area is 121 Å². The van der Waals surface area contributed by atoms with Gasteiger partial charge in [-0.2, -0.15) is 0 Å². The lowest BCUT2D eigenvalue weighted by Crippen LogP contribution is -2.34. The van der Waals surface area contributed by atoms with E-state index in [1.165, 1.54) is 17.3 Å². The van der Waals surface area contributed by atoms with Crippen molar-refractivity contribution in [2.75, 3.05) is 17.2 Å². The molecular weight excluding hydrogens is 272 g/mol. The molecule has 1 amide bonds. The Hall–Kier alpha value is -2.83. The molecule has 0 saturated carbocycles. The zero-order valence-electron chi connectivity index (χ0n) is 11.2. The molecule has 7 nitrogen and oxygen atoms in total. The van der Waals surface area contributed by atoms with E-state index in [4.69, 9.17) is 10.5 Å². The molecule has 0 aliphatic carbocycles. The van der Waals surface area contributed by atoms with Gasteiger partial charge in [-0.05, 0) is 36.6 Å². The van der Waals surface area contributed by atoms with Crippen molar-refractivity contribution < 1.29 is 14.6 Å². The maximum atomic E-state index is 11.2. The zero-order chi connectivity index (χ0) is 14.8. The molecule has 108 valence electrons. The van der Waals surface area contributed by atoms with Gasteiger partial charge in [0.2, 0.25) is 5.88 Å². The molecule has 0 radical (unpaired) electrons. The summed E-state index contributed by atoms with van der Waals surface area (Å²) in [5, 5.41) is 9.18. The minimum absolute atomic E-state index is 0.329. The number of anilines is 2. The molecule has 1 aliphatic rings. The molecule has 1 aromatic carbocycles. The Morgan fingerprint density at radius 3 is 2.95 bits per heavy atom. The number of carbonyl (C=O) groups is 1. The molecule has 0 fully saturated rings.